The molecule has 0 radical (unpaired) electrons. The van der Waals surface area contributed by atoms with Crippen LogP contribution in [0.1, 0.15) is 31.1 Å². The fourth-order valence-corrected chi connectivity index (χ4v) is 2.54. The topological polar surface area (TPSA) is 25.2 Å². The van der Waals surface area contributed by atoms with Crippen molar-refractivity contribution in [2.45, 2.75) is 25.3 Å². The molecule has 0 amide bonds. The SMILES string of the molecule is CC1=CC2c3occc3C(F)=CC2(C)N1. The van der Waals surface area contributed by atoms with E-state index in [0.29, 0.717) is 5.56 Å². The number of nitrogens with one attached hydrogen (secondary N) is 1. The van der Waals surface area contributed by atoms with Crippen molar-refractivity contribution in [2.75, 3.05) is 0 Å². The van der Waals surface area contributed by atoms with E-state index in [4.69, 9.17) is 4.42 Å². The molecule has 0 bridgehead atoms. The second-order valence-electron chi connectivity index (χ2n) is 4.43. The largest absolute Gasteiger partial charge is 0.468 e. The van der Waals surface area contributed by atoms with Gasteiger partial charge in [0.05, 0.1) is 23.3 Å². The Labute approximate surface area is 87.5 Å². The first kappa shape index (κ1) is 8.77. The summed E-state index contributed by atoms with van der Waals surface area (Å²) < 4.78 is 19.1. The molecule has 1 aromatic heterocycles. The first-order chi connectivity index (χ1) is 7.10. The summed E-state index contributed by atoms with van der Waals surface area (Å²) in [6.45, 7) is 3.97. The first-order valence-electron chi connectivity index (χ1n) is 5.03. The highest BCUT2D eigenvalue weighted by Crippen LogP contribution is 2.45. The van der Waals surface area contributed by atoms with E-state index < -0.39 is 0 Å². The number of hydrogen-bond acceptors (Lipinski definition) is 2. The van der Waals surface area contributed by atoms with E-state index >= 15 is 0 Å². The summed E-state index contributed by atoms with van der Waals surface area (Å²) in [5.74, 6) is 0.622. The summed E-state index contributed by atoms with van der Waals surface area (Å²) in [7, 11) is 0. The van der Waals surface area contributed by atoms with Crippen LogP contribution < -0.4 is 5.32 Å². The van der Waals surface area contributed by atoms with Crippen LogP contribution in [0.15, 0.2) is 34.6 Å². The van der Waals surface area contributed by atoms with Crippen LogP contribution >= 0.6 is 0 Å². The fraction of sp³-hybridized carbons (Fsp3) is 0.333. The van der Waals surface area contributed by atoms with Gasteiger partial charge in [-0.05, 0) is 26.0 Å². The predicted molar refractivity (Wildman–Crippen MR) is 55.8 cm³/mol. The normalized spacial score (nSPS) is 32.6. The van der Waals surface area contributed by atoms with Gasteiger partial charge in [0.25, 0.3) is 0 Å². The Morgan fingerprint density at radius 2 is 2.33 bits per heavy atom. The number of allylic oxidation sites excluding steroid dienone is 1. The zero-order valence-electron chi connectivity index (χ0n) is 8.67. The first-order valence-corrected chi connectivity index (χ1v) is 5.03. The third kappa shape index (κ3) is 1.03. The Bertz CT molecular complexity index is 486. The average molecular weight is 205 g/mol. The monoisotopic (exact) mass is 205 g/mol. The Balaban J connectivity index is 2.22. The maximum Gasteiger partial charge on any atom is 0.132 e. The van der Waals surface area contributed by atoms with Crippen molar-refractivity contribution >= 4 is 5.83 Å². The minimum Gasteiger partial charge on any atom is -0.468 e. The highest BCUT2D eigenvalue weighted by atomic mass is 19.1. The van der Waals surface area contributed by atoms with Crippen LogP contribution in [-0.4, -0.2) is 5.54 Å². The summed E-state index contributed by atoms with van der Waals surface area (Å²) in [6, 6.07) is 1.68. The van der Waals surface area contributed by atoms with Gasteiger partial charge < -0.3 is 9.73 Å². The summed E-state index contributed by atoms with van der Waals surface area (Å²) >= 11 is 0. The molecule has 2 heterocycles. The standard InChI is InChI=1S/C12H12FNO/c1-7-5-9-11-8(3-4-15-11)10(13)6-12(9,2)14-7/h3-6,9,14H,1-2H3. The molecule has 2 aliphatic rings. The van der Waals surface area contributed by atoms with Crippen molar-refractivity contribution in [3.63, 3.8) is 0 Å². The van der Waals surface area contributed by atoms with Crippen LogP contribution in [0.5, 0.6) is 0 Å². The van der Waals surface area contributed by atoms with Crippen molar-refractivity contribution < 1.29 is 8.81 Å². The van der Waals surface area contributed by atoms with Gasteiger partial charge in [-0.3, -0.25) is 0 Å². The Hall–Kier alpha value is -1.51. The highest BCUT2D eigenvalue weighted by Gasteiger charge is 2.43. The summed E-state index contributed by atoms with van der Waals surface area (Å²) in [5, 5.41) is 3.28. The summed E-state index contributed by atoms with van der Waals surface area (Å²) in [4.78, 5) is 0. The lowest BCUT2D eigenvalue weighted by molar-refractivity contribution is 0.392. The second kappa shape index (κ2) is 2.54. The van der Waals surface area contributed by atoms with Crippen LogP contribution in [0.3, 0.4) is 0 Å². The molecule has 0 saturated carbocycles. The molecule has 2 atom stereocenters. The molecule has 0 saturated heterocycles. The summed E-state index contributed by atoms with van der Waals surface area (Å²) in [5.41, 5.74) is 1.28. The fourth-order valence-electron chi connectivity index (χ4n) is 2.54. The maximum absolute atomic E-state index is 13.8. The lowest BCUT2D eigenvalue weighted by atomic mass is 9.80. The predicted octanol–water partition coefficient (Wildman–Crippen LogP) is 2.95. The van der Waals surface area contributed by atoms with Crippen molar-refractivity contribution in [3.05, 3.63) is 41.5 Å². The molecule has 0 fully saturated rings. The minimum atomic E-state index is -0.376. The van der Waals surface area contributed by atoms with Crippen LogP contribution in [0.25, 0.3) is 5.83 Å². The van der Waals surface area contributed by atoms with Gasteiger partial charge in [-0.15, -0.1) is 0 Å². The maximum atomic E-state index is 13.8. The van der Waals surface area contributed by atoms with Gasteiger partial charge in [-0.25, -0.2) is 4.39 Å². The average Bonchev–Trinajstić information content (AvgIpc) is 2.68. The van der Waals surface area contributed by atoms with Gasteiger partial charge in [0, 0.05) is 5.70 Å². The van der Waals surface area contributed by atoms with E-state index in [-0.39, 0.29) is 17.3 Å². The smallest absolute Gasteiger partial charge is 0.132 e. The molecule has 78 valence electrons. The lowest BCUT2D eigenvalue weighted by Gasteiger charge is -2.31. The molecule has 15 heavy (non-hydrogen) atoms. The number of hydrogen-bond donors (Lipinski definition) is 1. The second-order valence-corrected chi connectivity index (χ2v) is 4.43. The Kier molecular flexibility index (Phi) is 1.48. The minimum absolute atomic E-state index is 0.0991. The Morgan fingerprint density at radius 3 is 3.13 bits per heavy atom. The number of halogens is 1. The molecule has 1 aliphatic carbocycles. The summed E-state index contributed by atoms with van der Waals surface area (Å²) in [6.07, 6.45) is 5.28. The molecule has 2 unspecified atom stereocenters. The molecular formula is C12H12FNO. The molecule has 1 aromatic rings. The molecule has 2 nitrogen and oxygen atoms in total. The Morgan fingerprint density at radius 1 is 1.53 bits per heavy atom. The third-order valence-electron chi connectivity index (χ3n) is 3.19. The van der Waals surface area contributed by atoms with Crippen molar-refractivity contribution in [2.24, 2.45) is 0 Å². The zero-order chi connectivity index (χ0) is 10.6. The van der Waals surface area contributed by atoms with Crippen LogP contribution in [0.2, 0.25) is 0 Å². The number of rotatable bonds is 0. The van der Waals surface area contributed by atoms with Gasteiger partial charge in [0.15, 0.2) is 0 Å². The van der Waals surface area contributed by atoms with Crippen LogP contribution in [0.4, 0.5) is 4.39 Å². The molecular weight excluding hydrogens is 193 g/mol. The molecule has 3 heteroatoms. The van der Waals surface area contributed by atoms with E-state index in [1.807, 2.05) is 13.8 Å². The van der Waals surface area contributed by atoms with E-state index in [1.54, 1.807) is 18.4 Å². The highest BCUT2D eigenvalue weighted by molar-refractivity contribution is 5.68. The van der Waals surface area contributed by atoms with Gasteiger partial charge in [-0.2, -0.15) is 0 Å². The zero-order valence-corrected chi connectivity index (χ0v) is 8.67. The lowest BCUT2D eigenvalue weighted by Crippen LogP contribution is -2.41. The van der Waals surface area contributed by atoms with Gasteiger partial charge in [0.1, 0.15) is 11.6 Å². The van der Waals surface area contributed by atoms with Crippen LogP contribution in [0, 0.1) is 0 Å². The van der Waals surface area contributed by atoms with Crippen molar-refractivity contribution in [3.8, 4) is 0 Å². The van der Waals surface area contributed by atoms with E-state index in [9.17, 15) is 4.39 Å². The van der Waals surface area contributed by atoms with E-state index in [0.717, 1.165) is 11.5 Å². The van der Waals surface area contributed by atoms with Gasteiger partial charge in [-0.1, -0.05) is 6.08 Å². The molecule has 1 aliphatic heterocycles. The van der Waals surface area contributed by atoms with Gasteiger partial charge >= 0.3 is 0 Å². The third-order valence-corrected chi connectivity index (χ3v) is 3.19. The van der Waals surface area contributed by atoms with E-state index in [2.05, 4.69) is 11.4 Å². The van der Waals surface area contributed by atoms with Crippen LogP contribution in [-0.2, 0) is 0 Å². The molecule has 3 rings (SSSR count). The molecule has 0 spiro atoms. The molecule has 1 N–H and O–H groups in total. The molecule has 0 aromatic carbocycles. The van der Waals surface area contributed by atoms with Crippen molar-refractivity contribution in [1.29, 1.82) is 0 Å². The number of fused-ring (bicyclic) bond motifs is 3. The number of furan rings is 1. The van der Waals surface area contributed by atoms with Crippen molar-refractivity contribution in [1.82, 2.24) is 5.32 Å². The van der Waals surface area contributed by atoms with Gasteiger partial charge in [0.2, 0.25) is 0 Å². The quantitative estimate of drug-likeness (QED) is 0.704. The van der Waals surface area contributed by atoms with E-state index in [1.165, 1.54) is 0 Å².